The quantitative estimate of drug-likeness (QED) is 0.850. The largest absolute Gasteiger partial charge is 0.481 e. The maximum Gasteiger partial charge on any atom is 0.303 e. The van der Waals surface area contributed by atoms with Crippen LogP contribution in [0.5, 0.6) is 0 Å². The third kappa shape index (κ3) is 4.12. The maximum absolute atomic E-state index is 11.2. The number of imidazole rings is 1. The summed E-state index contributed by atoms with van der Waals surface area (Å²) < 4.78 is 0. The van der Waals surface area contributed by atoms with E-state index in [2.05, 4.69) is 33.7 Å². The van der Waals surface area contributed by atoms with Gasteiger partial charge in [0.15, 0.2) is 0 Å². The van der Waals surface area contributed by atoms with Gasteiger partial charge in [-0.25, -0.2) is 4.98 Å². The molecular weight excluding hydrogens is 304 g/mol. The number of aromatic nitrogens is 3. The fourth-order valence-corrected chi connectivity index (χ4v) is 3.82. The molecule has 2 atom stereocenters. The minimum absolute atomic E-state index is 0.220. The molecule has 2 unspecified atom stereocenters. The molecule has 0 saturated carbocycles. The number of hydrogen-bond donors (Lipinski definition) is 2. The van der Waals surface area contributed by atoms with Crippen LogP contribution >= 0.6 is 0 Å². The predicted octanol–water partition coefficient (Wildman–Crippen LogP) is 2.57. The number of pyridine rings is 1. The van der Waals surface area contributed by atoms with Gasteiger partial charge in [-0.1, -0.05) is 13.8 Å². The number of piperidine rings is 1. The molecule has 0 radical (unpaired) electrons. The lowest BCUT2D eigenvalue weighted by atomic mass is 9.81. The Morgan fingerprint density at radius 3 is 3.00 bits per heavy atom. The molecule has 24 heavy (non-hydrogen) atoms. The lowest BCUT2D eigenvalue weighted by Gasteiger charge is -2.38. The van der Waals surface area contributed by atoms with Gasteiger partial charge in [-0.2, -0.15) is 0 Å². The number of likely N-dealkylation sites (tertiary alicyclic amines) is 1. The monoisotopic (exact) mass is 330 g/mol. The zero-order valence-corrected chi connectivity index (χ0v) is 14.4. The predicted molar refractivity (Wildman–Crippen MR) is 92.7 cm³/mol. The van der Waals surface area contributed by atoms with Gasteiger partial charge in [0.05, 0.1) is 17.2 Å². The van der Waals surface area contributed by atoms with Gasteiger partial charge in [-0.3, -0.25) is 9.78 Å². The van der Waals surface area contributed by atoms with Gasteiger partial charge in [-0.05, 0) is 36.8 Å². The third-order valence-electron chi connectivity index (χ3n) is 4.82. The zero-order valence-electron chi connectivity index (χ0n) is 14.4. The Morgan fingerprint density at radius 1 is 1.46 bits per heavy atom. The molecule has 0 amide bonds. The minimum atomic E-state index is -0.698. The average Bonchev–Trinajstić information content (AvgIpc) is 2.91. The fraction of sp³-hybridized carbons (Fsp3) is 0.611. The lowest BCUT2D eigenvalue weighted by Crippen LogP contribution is -2.43. The number of aliphatic carboxylic acids is 1. The Labute approximate surface area is 142 Å². The number of rotatable bonds is 6. The SMILES string of the molecule is CC(C)CN1CCC(CC(=O)O)C(Cc2nc3ccncc3[nH]2)C1. The van der Waals surface area contributed by atoms with Gasteiger partial charge >= 0.3 is 5.97 Å². The summed E-state index contributed by atoms with van der Waals surface area (Å²) in [6, 6.07) is 1.90. The molecule has 3 heterocycles. The summed E-state index contributed by atoms with van der Waals surface area (Å²) in [6.07, 6.45) is 5.52. The first-order chi connectivity index (χ1) is 11.5. The van der Waals surface area contributed by atoms with Crippen LogP contribution in [0.15, 0.2) is 18.5 Å². The molecular formula is C18H26N4O2. The summed E-state index contributed by atoms with van der Waals surface area (Å²) in [5.41, 5.74) is 1.86. The Hall–Kier alpha value is -1.95. The second-order valence-electron chi connectivity index (χ2n) is 7.34. The summed E-state index contributed by atoms with van der Waals surface area (Å²) in [7, 11) is 0. The number of fused-ring (bicyclic) bond motifs is 1. The van der Waals surface area contributed by atoms with Gasteiger partial charge in [0.2, 0.25) is 0 Å². The van der Waals surface area contributed by atoms with E-state index >= 15 is 0 Å². The lowest BCUT2D eigenvalue weighted by molar-refractivity contribution is -0.139. The number of nitrogens with one attached hydrogen (secondary N) is 1. The van der Waals surface area contributed by atoms with Crippen LogP contribution in [0.3, 0.4) is 0 Å². The second kappa shape index (κ2) is 7.30. The van der Waals surface area contributed by atoms with E-state index in [1.165, 1.54) is 0 Å². The Morgan fingerprint density at radius 2 is 2.29 bits per heavy atom. The number of nitrogens with zero attached hydrogens (tertiary/aromatic N) is 3. The molecule has 0 bridgehead atoms. The average molecular weight is 330 g/mol. The number of carbonyl (C=O) groups is 1. The summed E-state index contributed by atoms with van der Waals surface area (Å²) in [5.74, 6) is 1.40. The first-order valence-corrected chi connectivity index (χ1v) is 8.74. The fourth-order valence-electron chi connectivity index (χ4n) is 3.82. The van der Waals surface area contributed by atoms with Crippen molar-refractivity contribution in [2.24, 2.45) is 17.8 Å². The van der Waals surface area contributed by atoms with Crippen molar-refractivity contribution in [1.82, 2.24) is 19.9 Å². The highest BCUT2D eigenvalue weighted by Crippen LogP contribution is 2.30. The standard InChI is InChI=1S/C18H26N4O2/c1-12(2)10-22-6-4-13(8-18(23)24)14(11-22)7-17-20-15-3-5-19-9-16(15)21-17/h3,5,9,12-14H,4,6-8,10-11H2,1-2H3,(H,20,21)(H,23,24). The topological polar surface area (TPSA) is 82.1 Å². The molecule has 2 N–H and O–H groups in total. The highest BCUT2D eigenvalue weighted by molar-refractivity contribution is 5.73. The van der Waals surface area contributed by atoms with Crippen LogP contribution in [0.2, 0.25) is 0 Å². The van der Waals surface area contributed by atoms with Crippen LogP contribution in [0.1, 0.15) is 32.5 Å². The van der Waals surface area contributed by atoms with E-state index in [0.717, 1.165) is 49.3 Å². The van der Waals surface area contributed by atoms with E-state index in [9.17, 15) is 9.90 Å². The molecule has 2 aromatic heterocycles. The van der Waals surface area contributed by atoms with E-state index in [1.807, 2.05) is 6.07 Å². The Bertz CT molecular complexity index is 664. The number of aromatic amines is 1. The second-order valence-corrected chi connectivity index (χ2v) is 7.34. The minimum Gasteiger partial charge on any atom is -0.481 e. The van der Waals surface area contributed by atoms with E-state index in [0.29, 0.717) is 11.8 Å². The highest BCUT2D eigenvalue weighted by atomic mass is 16.4. The van der Waals surface area contributed by atoms with Crippen LogP contribution in [0, 0.1) is 17.8 Å². The molecule has 0 spiro atoms. The maximum atomic E-state index is 11.2. The third-order valence-corrected chi connectivity index (χ3v) is 4.82. The van der Waals surface area contributed by atoms with Crippen LogP contribution in [0.25, 0.3) is 11.0 Å². The number of hydrogen-bond acceptors (Lipinski definition) is 4. The van der Waals surface area contributed by atoms with Crippen molar-refractivity contribution < 1.29 is 9.90 Å². The first-order valence-electron chi connectivity index (χ1n) is 8.74. The molecule has 1 aliphatic heterocycles. The van der Waals surface area contributed by atoms with Crippen molar-refractivity contribution in [3.63, 3.8) is 0 Å². The summed E-state index contributed by atoms with van der Waals surface area (Å²) in [4.78, 5) is 25.8. The van der Waals surface area contributed by atoms with Crippen LogP contribution in [-0.4, -0.2) is 50.6 Å². The number of carboxylic acids is 1. The molecule has 130 valence electrons. The van der Waals surface area contributed by atoms with E-state index in [4.69, 9.17) is 0 Å². The van der Waals surface area contributed by atoms with Crippen LogP contribution < -0.4 is 0 Å². The molecule has 1 fully saturated rings. The van der Waals surface area contributed by atoms with Crippen molar-refractivity contribution in [2.75, 3.05) is 19.6 Å². The molecule has 1 saturated heterocycles. The van der Waals surface area contributed by atoms with Crippen molar-refractivity contribution in [2.45, 2.75) is 33.1 Å². The van der Waals surface area contributed by atoms with E-state index in [-0.39, 0.29) is 12.3 Å². The molecule has 3 rings (SSSR count). The van der Waals surface area contributed by atoms with E-state index < -0.39 is 5.97 Å². The van der Waals surface area contributed by atoms with E-state index in [1.54, 1.807) is 12.4 Å². The zero-order chi connectivity index (χ0) is 17.1. The number of H-pyrrole nitrogens is 1. The van der Waals surface area contributed by atoms with Crippen LogP contribution in [0.4, 0.5) is 0 Å². The first kappa shape index (κ1) is 16.9. The summed E-state index contributed by atoms with van der Waals surface area (Å²) in [5, 5.41) is 9.23. The van der Waals surface area contributed by atoms with Gasteiger partial charge in [0, 0.05) is 32.1 Å². The molecule has 0 aromatic carbocycles. The van der Waals surface area contributed by atoms with Gasteiger partial charge in [0.25, 0.3) is 0 Å². The van der Waals surface area contributed by atoms with Crippen molar-refractivity contribution in [3.05, 3.63) is 24.3 Å². The van der Waals surface area contributed by atoms with Gasteiger partial charge in [-0.15, -0.1) is 0 Å². The van der Waals surface area contributed by atoms with Crippen LogP contribution in [-0.2, 0) is 11.2 Å². The van der Waals surface area contributed by atoms with Crippen molar-refractivity contribution in [1.29, 1.82) is 0 Å². The summed E-state index contributed by atoms with van der Waals surface area (Å²) in [6.45, 7) is 7.47. The van der Waals surface area contributed by atoms with Gasteiger partial charge in [0.1, 0.15) is 5.82 Å². The Balaban J connectivity index is 1.74. The molecule has 2 aromatic rings. The van der Waals surface area contributed by atoms with Gasteiger partial charge < -0.3 is 15.0 Å². The Kier molecular flexibility index (Phi) is 5.14. The normalized spacial score (nSPS) is 22.3. The molecule has 6 nitrogen and oxygen atoms in total. The van der Waals surface area contributed by atoms with Crippen molar-refractivity contribution in [3.8, 4) is 0 Å². The molecule has 1 aliphatic rings. The highest BCUT2D eigenvalue weighted by Gasteiger charge is 2.31. The summed E-state index contributed by atoms with van der Waals surface area (Å²) >= 11 is 0. The smallest absolute Gasteiger partial charge is 0.303 e. The molecule has 0 aliphatic carbocycles. The number of carboxylic acid groups (broad SMARTS) is 1. The van der Waals surface area contributed by atoms with Crippen molar-refractivity contribution >= 4 is 17.0 Å². The molecule has 6 heteroatoms.